The fourth-order valence-corrected chi connectivity index (χ4v) is 2.48. The van der Waals surface area contributed by atoms with Crippen LogP contribution in [0, 0.1) is 24.0 Å². The van der Waals surface area contributed by atoms with Crippen LogP contribution in [0.1, 0.15) is 11.3 Å². The van der Waals surface area contributed by atoms with Crippen LogP contribution >= 0.6 is 12.4 Å². The number of halogens is 1. The van der Waals surface area contributed by atoms with Crippen LogP contribution in [0.5, 0.6) is 0 Å². The van der Waals surface area contributed by atoms with E-state index in [2.05, 4.69) is 10.3 Å². The second-order valence-electron chi connectivity index (χ2n) is 5.21. The van der Waals surface area contributed by atoms with Gasteiger partial charge in [-0.1, -0.05) is 24.3 Å². The molecule has 6 heteroatoms. The van der Waals surface area contributed by atoms with Gasteiger partial charge >= 0.3 is 0 Å². The van der Waals surface area contributed by atoms with Gasteiger partial charge in [0.2, 0.25) is 0 Å². The number of hydrogen-bond acceptors (Lipinski definition) is 4. The zero-order chi connectivity index (χ0) is 15.7. The topological polar surface area (TPSA) is 68.1 Å². The predicted molar refractivity (Wildman–Crippen MR) is 94.8 cm³/mol. The van der Waals surface area contributed by atoms with Crippen molar-refractivity contribution < 1.29 is 4.92 Å². The summed E-state index contributed by atoms with van der Waals surface area (Å²) in [7, 11) is 0. The number of fused-ring (bicyclic) bond motifs is 1. The van der Waals surface area contributed by atoms with Gasteiger partial charge in [0, 0.05) is 34.6 Å². The number of benzene rings is 2. The first-order chi connectivity index (χ1) is 10.5. The Labute approximate surface area is 139 Å². The zero-order valence-electron chi connectivity index (χ0n) is 12.7. The minimum absolute atomic E-state index is 0. The van der Waals surface area contributed by atoms with Crippen LogP contribution in [0.25, 0.3) is 10.9 Å². The van der Waals surface area contributed by atoms with Crippen molar-refractivity contribution in [3.05, 3.63) is 69.9 Å². The maximum atomic E-state index is 10.9. The highest BCUT2D eigenvalue weighted by atomic mass is 35.5. The predicted octanol–water partition coefficient (Wildman–Crippen LogP) is 4.93. The maximum absolute atomic E-state index is 10.9. The number of nitro groups is 1. The number of aryl methyl sites for hydroxylation is 2. The van der Waals surface area contributed by atoms with Crippen LogP contribution < -0.4 is 5.32 Å². The average Bonchev–Trinajstić information content (AvgIpc) is 2.48. The number of pyridine rings is 1. The molecule has 0 atom stereocenters. The Morgan fingerprint density at radius 3 is 2.57 bits per heavy atom. The molecular weight excluding hydrogens is 314 g/mol. The van der Waals surface area contributed by atoms with Crippen molar-refractivity contribution in [3.63, 3.8) is 0 Å². The van der Waals surface area contributed by atoms with Crippen LogP contribution in [0.2, 0.25) is 0 Å². The van der Waals surface area contributed by atoms with Gasteiger partial charge in [0.05, 0.1) is 10.4 Å². The van der Waals surface area contributed by atoms with E-state index >= 15 is 0 Å². The monoisotopic (exact) mass is 329 g/mol. The Morgan fingerprint density at radius 1 is 1.09 bits per heavy atom. The minimum atomic E-state index is -0.398. The lowest BCUT2D eigenvalue weighted by Crippen LogP contribution is -1.96. The van der Waals surface area contributed by atoms with Gasteiger partial charge in [-0.15, -0.1) is 12.4 Å². The number of nitrogens with zero attached hydrogens (tertiary/aromatic N) is 2. The van der Waals surface area contributed by atoms with Crippen LogP contribution in [0.15, 0.2) is 48.5 Å². The van der Waals surface area contributed by atoms with Gasteiger partial charge in [0.1, 0.15) is 0 Å². The first-order valence-corrected chi connectivity index (χ1v) is 6.93. The highest BCUT2D eigenvalue weighted by molar-refractivity contribution is 5.95. The summed E-state index contributed by atoms with van der Waals surface area (Å²) in [6.07, 6.45) is 0. The number of para-hydroxylation sites is 1. The average molecular weight is 330 g/mol. The molecule has 2 aromatic carbocycles. The Balaban J connectivity index is 0.00000192. The number of nitro benzene ring substituents is 1. The van der Waals surface area contributed by atoms with Crippen LogP contribution in [-0.2, 0) is 0 Å². The molecule has 0 aliphatic carbocycles. The molecule has 1 N–H and O–H groups in total. The molecule has 0 saturated carbocycles. The van der Waals surface area contributed by atoms with Crippen LogP contribution in [-0.4, -0.2) is 9.91 Å². The van der Waals surface area contributed by atoms with Gasteiger partial charge in [0.25, 0.3) is 5.69 Å². The molecule has 1 aromatic heterocycles. The van der Waals surface area contributed by atoms with Gasteiger partial charge in [-0.2, -0.15) is 0 Å². The van der Waals surface area contributed by atoms with Gasteiger partial charge in [0.15, 0.2) is 0 Å². The molecule has 3 aromatic rings. The van der Waals surface area contributed by atoms with Crippen molar-refractivity contribution in [2.75, 3.05) is 5.32 Å². The molecule has 0 saturated heterocycles. The zero-order valence-corrected chi connectivity index (χ0v) is 13.6. The third kappa shape index (κ3) is 3.40. The number of aromatic nitrogens is 1. The van der Waals surface area contributed by atoms with Gasteiger partial charge in [-0.05, 0) is 31.5 Å². The van der Waals surface area contributed by atoms with Crippen LogP contribution in [0.4, 0.5) is 17.1 Å². The smallest absolute Gasteiger partial charge is 0.271 e. The molecule has 0 amide bonds. The maximum Gasteiger partial charge on any atom is 0.271 e. The molecule has 1 heterocycles. The SMILES string of the molecule is Cc1cc(Nc2cccc([N+](=O)[O-])c2)c2cccc(C)c2n1.Cl. The summed E-state index contributed by atoms with van der Waals surface area (Å²) in [6.45, 7) is 3.95. The van der Waals surface area contributed by atoms with E-state index in [1.165, 1.54) is 12.1 Å². The fraction of sp³-hybridized carbons (Fsp3) is 0.118. The molecular formula is C17H16ClN3O2. The molecule has 0 aliphatic rings. The van der Waals surface area contributed by atoms with E-state index in [-0.39, 0.29) is 18.1 Å². The third-order valence-electron chi connectivity index (χ3n) is 3.51. The first-order valence-electron chi connectivity index (χ1n) is 6.93. The molecule has 0 aliphatic heterocycles. The molecule has 0 radical (unpaired) electrons. The second-order valence-corrected chi connectivity index (χ2v) is 5.21. The normalized spacial score (nSPS) is 10.2. The molecule has 5 nitrogen and oxygen atoms in total. The summed E-state index contributed by atoms with van der Waals surface area (Å²) < 4.78 is 0. The summed E-state index contributed by atoms with van der Waals surface area (Å²) >= 11 is 0. The summed E-state index contributed by atoms with van der Waals surface area (Å²) in [5.41, 5.74) is 4.58. The molecule has 118 valence electrons. The van der Waals surface area contributed by atoms with E-state index < -0.39 is 4.92 Å². The van der Waals surface area contributed by atoms with E-state index in [4.69, 9.17) is 0 Å². The third-order valence-corrected chi connectivity index (χ3v) is 3.51. The van der Waals surface area contributed by atoms with Gasteiger partial charge < -0.3 is 5.32 Å². The van der Waals surface area contributed by atoms with Crippen molar-refractivity contribution in [2.45, 2.75) is 13.8 Å². The van der Waals surface area contributed by atoms with E-state index in [1.807, 2.05) is 44.2 Å². The van der Waals surface area contributed by atoms with Crippen molar-refractivity contribution in [2.24, 2.45) is 0 Å². The lowest BCUT2D eigenvalue weighted by Gasteiger charge is -2.12. The quantitative estimate of drug-likeness (QED) is 0.546. The largest absolute Gasteiger partial charge is 0.355 e. The summed E-state index contributed by atoms with van der Waals surface area (Å²) in [5, 5.41) is 15.1. The van der Waals surface area contributed by atoms with E-state index in [1.54, 1.807) is 6.07 Å². The van der Waals surface area contributed by atoms with Gasteiger partial charge in [-0.3, -0.25) is 15.1 Å². The first kappa shape index (κ1) is 16.7. The lowest BCUT2D eigenvalue weighted by molar-refractivity contribution is -0.384. The summed E-state index contributed by atoms with van der Waals surface area (Å²) in [6, 6.07) is 14.4. The molecule has 23 heavy (non-hydrogen) atoms. The molecule has 0 fully saturated rings. The van der Waals surface area contributed by atoms with Crippen molar-refractivity contribution in [3.8, 4) is 0 Å². The Kier molecular flexibility index (Phi) is 4.81. The Morgan fingerprint density at radius 2 is 1.83 bits per heavy atom. The lowest BCUT2D eigenvalue weighted by atomic mass is 10.1. The highest BCUT2D eigenvalue weighted by Gasteiger charge is 2.09. The van der Waals surface area contributed by atoms with E-state index in [9.17, 15) is 10.1 Å². The second kappa shape index (κ2) is 6.62. The minimum Gasteiger partial charge on any atom is -0.355 e. The fourth-order valence-electron chi connectivity index (χ4n) is 2.48. The van der Waals surface area contributed by atoms with E-state index in [0.717, 1.165) is 27.8 Å². The molecule has 0 bridgehead atoms. The number of non-ortho nitro benzene ring substituents is 1. The Hall–Kier alpha value is -2.66. The molecule has 0 unspecified atom stereocenters. The number of anilines is 2. The molecule has 0 spiro atoms. The van der Waals surface area contributed by atoms with Crippen molar-refractivity contribution in [1.82, 2.24) is 4.98 Å². The number of rotatable bonds is 3. The summed E-state index contributed by atoms with van der Waals surface area (Å²) in [4.78, 5) is 15.1. The highest BCUT2D eigenvalue weighted by Crippen LogP contribution is 2.29. The van der Waals surface area contributed by atoms with Crippen molar-refractivity contribution in [1.29, 1.82) is 0 Å². The molecule has 3 rings (SSSR count). The Bertz CT molecular complexity index is 881. The van der Waals surface area contributed by atoms with E-state index in [0.29, 0.717) is 5.69 Å². The van der Waals surface area contributed by atoms with Crippen molar-refractivity contribution >= 4 is 40.4 Å². The summed E-state index contributed by atoms with van der Waals surface area (Å²) in [5.74, 6) is 0. The number of nitrogens with one attached hydrogen (secondary N) is 1. The van der Waals surface area contributed by atoms with Gasteiger partial charge in [-0.25, -0.2) is 0 Å². The van der Waals surface area contributed by atoms with Crippen LogP contribution in [0.3, 0.4) is 0 Å². The number of hydrogen-bond donors (Lipinski definition) is 1. The standard InChI is InChI=1S/C17H15N3O2.ClH/c1-11-5-3-8-15-16(9-12(2)18-17(11)15)19-13-6-4-7-14(10-13)20(21)22;/h3-10H,1-2H3,(H,18,19);1H.